The Balaban J connectivity index is 0.00000131. The van der Waals surface area contributed by atoms with Crippen molar-refractivity contribution >= 4 is 13.3 Å². The van der Waals surface area contributed by atoms with Gasteiger partial charge >= 0.3 is 167 Å². The summed E-state index contributed by atoms with van der Waals surface area (Å²) in [7, 11) is -1.59. The molecule has 6 atom stereocenters. The predicted molar refractivity (Wildman–Crippen MR) is 106 cm³/mol. The van der Waals surface area contributed by atoms with Crippen molar-refractivity contribution < 1.29 is 57.7 Å². The molecular formula is C23H31Cl3SiTi. The number of rotatable bonds is 3. The van der Waals surface area contributed by atoms with Crippen LogP contribution in [0, 0.1) is 17.8 Å². The SMILES string of the molecule is CC1[CH]([Ti+3])C2C=CC=CC2C1[Si](C)(c1ccccc1)C1CCCCC1.[Cl-].[Cl-].[Cl-]. The van der Waals surface area contributed by atoms with Gasteiger partial charge in [-0.3, -0.25) is 0 Å². The molecule has 3 aliphatic carbocycles. The number of benzene rings is 1. The fourth-order valence-corrected chi connectivity index (χ4v) is 13.9. The van der Waals surface area contributed by atoms with Gasteiger partial charge < -0.3 is 37.2 Å². The summed E-state index contributed by atoms with van der Waals surface area (Å²) in [5, 5.41) is 1.73. The summed E-state index contributed by atoms with van der Waals surface area (Å²) < 4.78 is 0.815. The van der Waals surface area contributed by atoms with E-state index in [2.05, 4.69) is 88.5 Å². The number of allylic oxidation sites excluding steroid dienone is 4. The molecule has 5 heteroatoms. The number of hydrogen-bond acceptors (Lipinski definition) is 0. The zero-order valence-electron chi connectivity index (χ0n) is 16.8. The predicted octanol–water partition coefficient (Wildman–Crippen LogP) is -2.97. The van der Waals surface area contributed by atoms with E-state index in [1.807, 2.05) is 0 Å². The van der Waals surface area contributed by atoms with Gasteiger partial charge in [0.25, 0.3) is 0 Å². The molecule has 0 aliphatic heterocycles. The first-order valence-corrected chi connectivity index (χ1v) is 13.8. The minimum Gasteiger partial charge on any atom is -1.00 e. The maximum Gasteiger partial charge on any atom is -1.00 e. The standard InChI is InChI=1S/C23H31Si.3ClH.Ti/c1-18-17-19-11-9-10-16-22(19)23(18)24(2,20-12-5-3-6-13-20)21-14-7-4-8-15-21;;;;/h3,5-6,9-13,16-19,21-23H,4,7-8,14-15H2,1-2H3;3*1H;/q;;;;+3/p-3. The molecule has 0 nitrogen and oxygen atoms in total. The van der Waals surface area contributed by atoms with Crippen molar-refractivity contribution in [2.75, 3.05) is 0 Å². The van der Waals surface area contributed by atoms with Crippen LogP contribution in [0.2, 0.25) is 21.9 Å². The first-order valence-electron chi connectivity index (χ1n) is 10.3. The Morgan fingerprint density at radius 1 is 0.857 bits per heavy atom. The molecular weight excluding hydrogens is 459 g/mol. The van der Waals surface area contributed by atoms with Crippen LogP contribution in [0.3, 0.4) is 0 Å². The van der Waals surface area contributed by atoms with E-state index in [4.69, 9.17) is 0 Å². The Morgan fingerprint density at radius 2 is 1.43 bits per heavy atom. The molecule has 0 heterocycles. The second-order valence-electron chi connectivity index (χ2n) is 8.82. The molecule has 0 amide bonds. The van der Waals surface area contributed by atoms with Crippen molar-refractivity contribution in [3.63, 3.8) is 0 Å². The average Bonchev–Trinajstić information content (AvgIpc) is 2.94. The van der Waals surface area contributed by atoms with Gasteiger partial charge in [-0.15, -0.1) is 0 Å². The van der Waals surface area contributed by atoms with Crippen LogP contribution in [0.5, 0.6) is 0 Å². The van der Waals surface area contributed by atoms with Gasteiger partial charge in [-0.1, -0.05) is 0 Å². The number of hydrogen-bond donors (Lipinski definition) is 0. The molecule has 1 aromatic rings. The van der Waals surface area contributed by atoms with Crippen molar-refractivity contribution in [1.82, 2.24) is 0 Å². The van der Waals surface area contributed by atoms with Gasteiger partial charge in [-0.05, 0) is 0 Å². The summed E-state index contributed by atoms with van der Waals surface area (Å²) in [5.41, 5.74) is 1.86. The van der Waals surface area contributed by atoms with Crippen LogP contribution in [0.1, 0.15) is 39.0 Å². The van der Waals surface area contributed by atoms with Gasteiger partial charge in [0.05, 0.1) is 0 Å². The maximum absolute atomic E-state index is 2.76. The smallest absolute Gasteiger partial charge is 1.00 e. The van der Waals surface area contributed by atoms with Gasteiger partial charge in [-0.2, -0.15) is 0 Å². The summed E-state index contributed by atoms with van der Waals surface area (Å²) in [5.74, 6) is 2.37. The third-order valence-electron chi connectivity index (χ3n) is 7.73. The van der Waals surface area contributed by atoms with Crippen LogP contribution in [0.15, 0.2) is 54.6 Å². The Bertz CT molecular complexity index is 659. The average molecular weight is 490 g/mol. The summed E-state index contributed by atoms with van der Waals surface area (Å²) in [6.45, 7) is 5.34. The quantitative estimate of drug-likeness (QED) is 0.398. The first kappa shape index (κ1) is 26.5. The molecule has 3 aliphatic rings. The monoisotopic (exact) mass is 488 g/mol. The van der Waals surface area contributed by atoms with Gasteiger partial charge in [0.1, 0.15) is 0 Å². The van der Waals surface area contributed by atoms with Crippen LogP contribution >= 0.6 is 0 Å². The van der Waals surface area contributed by atoms with E-state index in [0.29, 0.717) is 0 Å². The first-order chi connectivity index (χ1) is 12.1. The largest absolute Gasteiger partial charge is 1.00 e. The van der Waals surface area contributed by atoms with E-state index in [9.17, 15) is 0 Å². The molecule has 6 unspecified atom stereocenters. The van der Waals surface area contributed by atoms with Crippen LogP contribution in [-0.2, 0) is 20.4 Å². The van der Waals surface area contributed by atoms with Crippen molar-refractivity contribution in [1.29, 1.82) is 0 Å². The molecule has 4 rings (SSSR count). The van der Waals surface area contributed by atoms with Gasteiger partial charge in [0, 0.05) is 0 Å². The van der Waals surface area contributed by atoms with Crippen molar-refractivity contribution in [2.45, 2.75) is 60.9 Å². The van der Waals surface area contributed by atoms with E-state index in [1.165, 1.54) is 32.1 Å². The van der Waals surface area contributed by atoms with Crippen LogP contribution in [0.25, 0.3) is 0 Å². The molecule has 0 radical (unpaired) electrons. The Morgan fingerprint density at radius 3 is 2.04 bits per heavy atom. The Kier molecular flexibility index (Phi) is 10.6. The third-order valence-corrected chi connectivity index (χ3v) is 15.3. The summed E-state index contributed by atoms with van der Waals surface area (Å²) in [6.07, 6.45) is 17.1. The normalized spacial score (nSPS) is 33.6. The molecule has 0 saturated heterocycles. The van der Waals surface area contributed by atoms with E-state index in [1.54, 1.807) is 5.19 Å². The molecule has 2 fully saturated rings. The molecule has 152 valence electrons. The molecule has 1 aromatic carbocycles. The van der Waals surface area contributed by atoms with E-state index < -0.39 is 8.07 Å². The van der Waals surface area contributed by atoms with Crippen molar-refractivity contribution in [3.8, 4) is 0 Å². The second kappa shape index (κ2) is 11.2. The second-order valence-corrected chi connectivity index (χ2v) is 14.5. The fraction of sp³-hybridized carbons (Fsp3) is 0.565. The zero-order valence-corrected chi connectivity index (χ0v) is 21.7. The number of fused-ring (bicyclic) bond motifs is 1. The molecule has 0 spiro atoms. The molecule has 28 heavy (non-hydrogen) atoms. The number of halogens is 3. The minimum absolute atomic E-state index is 0. The van der Waals surface area contributed by atoms with Crippen molar-refractivity contribution in [3.05, 3.63) is 54.6 Å². The Labute approximate surface area is 203 Å². The van der Waals surface area contributed by atoms with E-state index in [-0.39, 0.29) is 37.2 Å². The van der Waals surface area contributed by atoms with E-state index in [0.717, 1.165) is 33.1 Å². The zero-order chi connectivity index (χ0) is 17.4. The van der Waals surface area contributed by atoms with Crippen LogP contribution < -0.4 is 42.4 Å². The third kappa shape index (κ3) is 4.56. The Hall–Kier alpha value is 0.501. The molecule has 2 saturated carbocycles. The maximum atomic E-state index is 2.76. The fourth-order valence-electron chi connectivity index (χ4n) is 6.43. The topological polar surface area (TPSA) is 0 Å². The summed E-state index contributed by atoms with van der Waals surface area (Å²) in [6, 6.07) is 11.7. The van der Waals surface area contributed by atoms with Gasteiger partial charge in [0.2, 0.25) is 0 Å². The molecule has 0 bridgehead atoms. The summed E-state index contributed by atoms with van der Waals surface area (Å²) in [4.78, 5) is 0. The van der Waals surface area contributed by atoms with Crippen LogP contribution in [-0.4, -0.2) is 8.07 Å². The minimum atomic E-state index is -1.59. The van der Waals surface area contributed by atoms with E-state index >= 15 is 0 Å². The van der Waals surface area contributed by atoms with Crippen molar-refractivity contribution in [2.24, 2.45) is 17.8 Å². The van der Waals surface area contributed by atoms with Gasteiger partial charge in [-0.25, -0.2) is 0 Å². The summed E-state index contributed by atoms with van der Waals surface area (Å²) >= 11 is 2.52. The van der Waals surface area contributed by atoms with Gasteiger partial charge in [0.15, 0.2) is 0 Å². The molecule has 0 aromatic heterocycles. The molecule has 0 N–H and O–H groups in total. The van der Waals surface area contributed by atoms with Crippen LogP contribution in [0.4, 0.5) is 0 Å².